The number of anilines is 3. The Balaban J connectivity index is 1.64. The molecule has 2 N–H and O–H groups in total. The molecule has 0 saturated heterocycles. The highest BCUT2D eigenvalue weighted by atomic mass is 16.5. The molecule has 1 aromatic heterocycles. The van der Waals surface area contributed by atoms with Crippen LogP contribution in [0, 0.1) is 6.92 Å². The SMILES string of the molecule is CCc1ccc(Nc2cc(NCCc3ccccc3OC)nc(C)n2)cc1. The van der Waals surface area contributed by atoms with Gasteiger partial charge in [0.05, 0.1) is 7.11 Å². The van der Waals surface area contributed by atoms with Crippen molar-refractivity contribution < 1.29 is 4.74 Å². The van der Waals surface area contributed by atoms with Gasteiger partial charge in [0.25, 0.3) is 0 Å². The van der Waals surface area contributed by atoms with Crippen LogP contribution in [0.25, 0.3) is 0 Å². The fourth-order valence-electron chi connectivity index (χ4n) is 2.93. The number of methoxy groups -OCH3 is 1. The Labute approximate surface area is 160 Å². The number of hydrogen-bond acceptors (Lipinski definition) is 5. The van der Waals surface area contributed by atoms with Crippen LogP contribution in [0.5, 0.6) is 5.75 Å². The molecular weight excluding hydrogens is 336 g/mol. The van der Waals surface area contributed by atoms with Crippen molar-refractivity contribution in [1.82, 2.24) is 9.97 Å². The van der Waals surface area contributed by atoms with Crippen molar-refractivity contribution in [3.05, 3.63) is 71.5 Å². The maximum absolute atomic E-state index is 5.41. The summed E-state index contributed by atoms with van der Waals surface area (Å²) in [4.78, 5) is 8.97. The number of nitrogens with zero attached hydrogens (tertiary/aromatic N) is 2. The van der Waals surface area contributed by atoms with E-state index in [0.717, 1.165) is 48.3 Å². The predicted octanol–water partition coefficient (Wildman–Crippen LogP) is 4.75. The average molecular weight is 362 g/mol. The fourth-order valence-corrected chi connectivity index (χ4v) is 2.93. The maximum Gasteiger partial charge on any atom is 0.136 e. The molecule has 0 aliphatic carbocycles. The molecule has 27 heavy (non-hydrogen) atoms. The van der Waals surface area contributed by atoms with Crippen molar-refractivity contribution in [3.8, 4) is 5.75 Å². The molecule has 3 rings (SSSR count). The molecule has 0 bridgehead atoms. The number of nitrogens with one attached hydrogen (secondary N) is 2. The lowest BCUT2D eigenvalue weighted by atomic mass is 10.1. The Morgan fingerprint density at radius 1 is 0.963 bits per heavy atom. The Morgan fingerprint density at radius 3 is 2.44 bits per heavy atom. The van der Waals surface area contributed by atoms with Gasteiger partial charge in [-0.1, -0.05) is 37.3 Å². The summed E-state index contributed by atoms with van der Waals surface area (Å²) in [5.41, 5.74) is 3.51. The van der Waals surface area contributed by atoms with Crippen molar-refractivity contribution in [2.24, 2.45) is 0 Å². The molecule has 5 heteroatoms. The Bertz CT molecular complexity index is 878. The molecule has 2 aromatic carbocycles. The second-order valence-electron chi connectivity index (χ2n) is 6.35. The highest BCUT2D eigenvalue weighted by Gasteiger charge is 2.05. The third-order valence-electron chi connectivity index (χ3n) is 4.37. The molecule has 0 saturated carbocycles. The number of rotatable bonds is 8. The summed E-state index contributed by atoms with van der Waals surface area (Å²) in [5.74, 6) is 3.23. The molecule has 0 atom stereocenters. The van der Waals surface area contributed by atoms with Crippen molar-refractivity contribution in [1.29, 1.82) is 0 Å². The first-order valence-corrected chi connectivity index (χ1v) is 9.25. The fraction of sp³-hybridized carbons (Fsp3) is 0.273. The number of aromatic nitrogens is 2. The standard InChI is InChI=1S/C22H26N4O/c1-4-17-9-11-19(12-10-17)26-22-15-21(24-16(2)25-22)23-14-13-18-7-5-6-8-20(18)27-3/h5-12,15H,4,13-14H2,1-3H3,(H2,23,24,25,26). The third-order valence-corrected chi connectivity index (χ3v) is 4.37. The average Bonchev–Trinajstić information content (AvgIpc) is 2.68. The Kier molecular flexibility index (Phi) is 6.26. The van der Waals surface area contributed by atoms with E-state index < -0.39 is 0 Å². The van der Waals surface area contributed by atoms with Crippen LogP contribution in [-0.4, -0.2) is 23.6 Å². The van der Waals surface area contributed by atoms with Gasteiger partial charge in [-0.05, 0) is 49.1 Å². The zero-order valence-electron chi connectivity index (χ0n) is 16.1. The minimum atomic E-state index is 0.727. The third kappa shape index (κ3) is 5.20. The largest absolute Gasteiger partial charge is 0.496 e. The van der Waals surface area contributed by atoms with E-state index in [9.17, 15) is 0 Å². The molecule has 0 aliphatic heterocycles. The van der Waals surface area contributed by atoms with Crippen LogP contribution < -0.4 is 15.4 Å². The minimum absolute atomic E-state index is 0.727. The minimum Gasteiger partial charge on any atom is -0.496 e. The summed E-state index contributed by atoms with van der Waals surface area (Å²) in [5, 5.41) is 6.73. The zero-order chi connectivity index (χ0) is 19.1. The molecule has 0 radical (unpaired) electrons. The lowest BCUT2D eigenvalue weighted by Gasteiger charge is -2.12. The second-order valence-corrected chi connectivity index (χ2v) is 6.35. The first-order chi connectivity index (χ1) is 13.2. The van der Waals surface area contributed by atoms with Gasteiger partial charge in [0.1, 0.15) is 23.2 Å². The van der Waals surface area contributed by atoms with E-state index in [2.05, 4.69) is 57.9 Å². The number of hydrogen-bond donors (Lipinski definition) is 2. The lowest BCUT2D eigenvalue weighted by molar-refractivity contribution is 0.410. The summed E-state index contributed by atoms with van der Waals surface area (Å²) in [6.07, 6.45) is 1.89. The van der Waals surface area contributed by atoms with E-state index >= 15 is 0 Å². The van der Waals surface area contributed by atoms with E-state index in [1.54, 1.807) is 7.11 Å². The van der Waals surface area contributed by atoms with Gasteiger partial charge in [0.15, 0.2) is 0 Å². The summed E-state index contributed by atoms with van der Waals surface area (Å²) in [7, 11) is 1.70. The molecule has 0 spiro atoms. The molecule has 0 unspecified atom stereocenters. The smallest absolute Gasteiger partial charge is 0.136 e. The quantitative estimate of drug-likeness (QED) is 0.605. The van der Waals surface area contributed by atoms with Gasteiger partial charge in [0.2, 0.25) is 0 Å². The van der Waals surface area contributed by atoms with Gasteiger partial charge in [-0.2, -0.15) is 0 Å². The predicted molar refractivity (Wildman–Crippen MR) is 111 cm³/mol. The van der Waals surface area contributed by atoms with Gasteiger partial charge in [-0.25, -0.2) is 9.97 Å². The van der Waals surface area contributed by atoms with Gasteiger partial charge >= 0.3 is 0 Å². The van der Waals surface area contributed by atoms with Crippen molar-refractivity contribution in [2.45, 2.75) is 26.7 Å². The van der Waals surface area contributed by atoms with Crippen LogP contribution in [-0.2, 0) is 12.8 Å². The lowest BCUT2D eigenvalue weighted by Crippen LogP contribution is -2.09. The van der Waals surface area contributed by atoms with E-state index in [4.69, 9.17) is 4.74 Å². The van der Waals surface area contributed by atoms with Crippen LogP contribution in [0.15, 0.2) is 54.6 Å². The van der Waals surface area contributed by atoms with Gasteiger partial charge < -0.3 is 15.4 Å². The summed E-state index contributed by atoms with van der Waals surface area (Å²) < 4.78 is 5.41. The monoisotopic (exact) mass is 362 g/mol. The van der Waals surface area contributed by atoms with Crippen LogP contribution in [0.4, 0.5) is 17.3 Å². The summed E-state index contributed by atoms with van der Waals surface area (Å²) >= 11 is 0. The number of ether oxygens (including phenoxy) is 1. The second kappa shape index (κ2) is 9.03. The maximum atomic E-state index is 5.41. The van der Waals surface area contributed by atoms with E-state index in [-0.39, 0.29) is 0 Å². The number of aryl methyl sites for hydroxylation is 2. The molecule has 0 amide bonds. The molecule has 0 aliphatic rings. The van der Waals surface area contributed by atoms with Crippen LogP contribution >= 0.6 is 0 Å². The highest BCUT2D eigenvalue weighted by Crippen LogP contribution is 2.20. The van der Waals surface area contributed by atoms with Gasteiger partial charge in [-0.3, -0.25) is 0 Å². The number of para-hydroxylation sites is 1. The van der Waals surface area contributed by atoms with E-state index in [1.807, 2.05) is 31.2 Å². The van der Waals surface area contributed by atoms with Crippen molar-refractivity contribution in [2.75, 3.05) is 24.3 Å². The molecule has 5 nitrogen and oxygen atoms in total. The molecular formula is C22H26N4O. The van der Waals surface area contributed by atoms with Crippen molar-refractivity contribution in [3.63, 3.8) is 0 Å². The topological polar surface area (TPSA) is 59.1 Å². The molecule has 3 aromatic rings. The molecule has 140 valence electrons. The Morgan fingerprint density at radius 2 is 1.70 bits per heavy atom. The van der Waals surface area contributed by atoms with Crippen LogP contribution in [0.1, 0.15) is 23.9 Å². The van der Waals surface area contributed by atoms with Gasteiger partial charge in [0, 0.05) is 18.3 Å². The highest BCUT2D eigenvalue weighted by molar-refractivity contribution is 5.59. The molecule has 0 fully saturated rings. The zero-order valence-corrected chi connectivity index (χ0v) is 16.1. The summed E-state index contributed by atoms with van der Waals surface area (Å²) in [6.45, 7) is 4.82. The van der Waals surface area contributed by atoms with Crippen LogP contribution in [0.3, 0.4) is 0 Å². The summed E-state index contributed by atoms with van der Waals surface area (Å²) in [6, 6.07) is 18.4. The first-order valence-electron chi connectivity index (χ1n) is 9.25. The normalized spacial score (nSPS) is 10.5. The molecule has 1 heterocycles. The van der Waals surface area contributed by atoms with E-state index in [1.165, 1.54) is 11.1 Å². The van der Waals surface area contributed by atoms with Crippen molar-refractivity contribution >= 4 is 17.3 Å². The Hall–Kier alpha value is -3.08. The first kappa shape index (κ1) is 18.7. The van der Waals surface area contributed by atoms with Crippen LogP contribution in [0.2, 0.25) is 0 Å². The number of benzene rings is 2. The van der Waals surface area contributed by atoms with Gasteiger partial charge in [-0.15, -0.1) is 0 Å². The van der Waals surface area contributed by atoms with E-state index in [0.29, 0.717) is 0 Å².